The van der Waals surface area contributed by atoms with Crippen LogP contribution >= 0.6 is 0 Å². The average Bonchev–Trinajstić information content (AvgIpc) is 2.41. The highest BCUT2D eigenvalue weighted by atomic mass is 16.5. The molecule has 0 aliphatic rings. The first-order valence-electron chi connectivity index (χ1n) is 6.81. The van der Waals surface area contributed by atoms with Gasteiger partial charge in [-0.3, -0.25) is 4.79 Å². The van der Waals surface area contributed by atoms with E-state index in [-0.39, 0.29) is 5.97 Å². The maximum Gasteiger partial charge on any atom is 0.323 e. The van der Waals surface area contributed by atoms with Crippen LogP contribution in [0.15, 0.2) is 24.3 Å². The average molecular weight is 265 g/mol. The standard InChI is InChI=1S/C15H23NO3/c1-3-5-10-19-13-8-6-12(7-9-13)11-14(16)15(17)18-4-2/h6-9,14H,3-5,10-11,16H2,1-2H3. The van der Waals surface area contributed by atoms with E-state index in [1.54, 1.807) is 6.92 Å². The van der Waals surface area contributed by atoms with Crippen molar-refractivity contribution in [1.82, 2.24) is 0 Å². The maximum absolute atomic E-state index is 11.4. The van der Waals surface area contributed by atoms with Crippen molar-refractivity contribution in [2.75, 3.05) is 13.2 Å². The van der Waals surface area contributed by atoms with Gasteiger partial charge < -0.3 is 15.2 Å². The molecule has 2 N–H and O–H groups in total. The molecule has 0 fully saturated rings. The highest BCUT2D eigenvalue weighted by Gasteiger charge is 2.14. The van der Waals surface area contributed by atoms with E-state index in [0.717, 1.165) is 30.8 Å². The number of rotatable bonds is 8. The van der Waals surface area contributed by atoms with Crippen molar-refractivity contribution >= 4 is 5.97 Å². The normalized spacial score (nSPS) is 11.9. The van der Waals surface area contributed by atoms with Gasteiger partial charge in [0, 0.05) is 0 Å². The van der Waals surface area contributed by atoms with Crippen LogP contribution in [0.2, 0.25) is 0 Å². The van der Waals surface area contributed by atoms with Gasteiger partial charge in [0.05, 0.1) is 13.2 Å². The fourth-order valence-corrected chi connectivity index (χ4v) is 1.64. The van der Waals surface area contributed by atoms with Crippen molar-refractivity contribution < 1.29 is 14.3 Å². The maximum atomic E-state index is 11.4. The fourth-order valence-electron chi connectivity index (χ4n) is 1.64. The zero-order valence-electron chi connectivity index (χ0n) is 11.7. The van der Waals surface area contributed by atoms with E-state index in [1.165, 1.54) is 0 Å². The first-order chi connectivity index (χ1) is 9.17. The van der Waals surface area contributed by atoms with Crippen LogP contribution in [0.4, 0.5) is 0 Å². The third kappa shape index (κ3) is 5.75. The number of carbonyl (C=O) groups is 1. The Balaban J connectivity index is 2.45. The van der Waals surface area contributed by atoms with Gasteiger partial charge >= 0.3 is 5.97 Å². The number of hydrogen-bond donors (Lipinski definition) is 1. The molecule has 1 aromatic rings. The predicted molar refractivity (Wildman–Crippen MR) is 75.2 cm³/mol. The molecule has 0 saturated carbocycles. The second kappa shape index (κ2) is 8.53. The van der Waals surface area contributed by atoms with Crippen molar-refractivity contribution in [3.8, 4) is 5.75 Å². The molecule has 0 aliphatic carbocycles. The minimum Gasteiger partial charge on any atom is -0.494 e. The van der Waals surface area contributed by atoms with E-state index in [9.17, 15) is 4.79 Å². The molecular formula is C15H23NO3. The van der Waals surface area contributed by atoms with Gasteiger partial charge in [0.2, 0.25) is 0 Å². The summed E-state index contributed by atoms with van der Waals surface area (Å²) < 4.78 is 10.4. The highest BCUT2D eigenvalue weighted by Crippen LogP contribution is 2.14. The number of carbonyl (C=O) groups excluding carboxylic acids is 1. The van der Waals surface area contributed by atoms with Gasteiger partial charge in [-0.25, -0.2) is 0 Å². The van der Waals surface area contributed by atoms with Gasteiger partial charge in [0.15, 0.2) is 0 Å². The zero-order valence-corrected chi connectivity index (χ0v) is 11.7. The van der Waals surface area contributed by atoms with E-state index in [2.05, 4.69) is 6.92 Å². The molecule has 0 spiro atoms. The van der Waals surface area contributed by atoms with Crippen LogP contribution in [0.5, 0.6) is 5.75 Å². The molecule has 1 aromatic carbocycles. The molecule has 1 unspecified atom stereocenters. The van der Waals surface area contributed by atoms with Crippen LogP contribution in [0.25, 0.3) is 0 Å². The summed E-state index contributed by atoms with van der Waals surface area (Å²) in [5.74, 6) is 0.493. The second-order valence-electron chi connectivity index (χ2n) is 4.41. The highest BCUT2D eigenvalue weighted by molar-refractivity contribution is 5.75. The molecule has 19 heavy (non-hydrogen) atoms. The lowest BCUT2D eigenvalue weighted by atomic mass is 10.1. The Morgan fingerprint density at radius 3 is 2.53 bits per heavy atom. The smallest absolute Gasteiger partial charge is 0.323 e. The number of unbranched alkanes of at least 4 members (excludes halogenated alkanes) is 1. The van der Waals surface area contributed by atoms with Gasteiger partial charge in [-0.15, -0.1) is 0 Å². The quantitative estimate of drug-likeness (QED) is 0.578. The molecule has 0 amide bonds. The summed E-state index contributed by atoms with van der Waals surface area (Å²) in [4.78, 5) is 11.4. The summed E-state index contributed by atoms with van der Waals surface area (Å²) in [5.41, 5.74) is 6.77. The fraction of sp³-hybridized carbons (Fsp3) is 0.533. The Morgan fingerprint density at radius 1 is 1.26 bits per heavy atom. The molecule has 4 heteroatoms. The SMILES string of the molecule is CCCCOc1ccc(CC(N)C(=O)OCC)cc1. The lowest BCUT2D eigenvalue weighted by Gasteiger charge is -2.11. The Bertz CT molecular complexity index is 375. The lowest BCUT2D eigenvalue weighted by molar-refractivity contribution is -0.144. The summed E-state index contributed by atoms with van der Waals surface area (Å²) in [6.45, 7) is 4.99. The van der Waals surface area contributed by atoms with Crippen molar-refractivity contribution in [2.24, 2.45) is 5.73 Å². The van der Waals surface area contributed by atoms with E-state index in [4.69, 9.17) is 15.2 Å². The number of nitrogens with two attached hydrogens (primary N) is 1. The van der Waals surface area contributed by atoms with E-state index < -0.39 is 6.04 Å². The van der Waals surface area contributed by atoms with Gasteiger partial charge in [-0.1, -0.05) is 25.5 Å². The Morgan fingerprint density at radius 2 is 1.95 bits per heavy atom. The first-order valence-corrected chi connectivity index (χ1v) is 6.81. The van der Waals surface area contributed by atoms with Crippen molar-refractivity contribution in [3.05, 3.63) is 29.8 Å². The molecule has 106 valence electrons. The van der Waals surface area contributed by atoms with Crippen LogP contribution < -0.4 is 10.5 Å². The molecule has 0 bridgehead atoms. The van der Waals surface area contributed by atoms with Crippen LogP contribution in [-0.4, -0.2) is 25.2 Å². The molecule has 0 aliphatic heterocycles. The lowest BCUT2D eigenvalue weighted by Crippen LogP contribution is -2.34. The number of esters is 1. The van der Waals surface area contributed by atoms with Gasteiger partial charge in [0.25, 0.3) is 0 Å². The molecule has 0 heterocycles. The van der Waals surface area contributed by atoms with E-state index >= 15 is 0 Å². The van der Waals surface area contributed by atoms with E-state index in [0.29, 0.717) is 13.0 Å². The second-order valence-corrected chi connectivity index (χ2v) is 4.41. The number of benzene rings is 1. The van der Waals surface area contributed by atoms with Crippen molar-refractivity contribution in [3.63, 3.8) is 0 Å². The van der Waals surface area contributed by atoms with Crippen LogP contribution in [0, 0.1) is 0 Å². The molecular weight excluding hydrogens is 242 g/mol. The topological polar surface area (TPSA) is 61.5 Å². The van der Waals surface area contributed by atoms with Crippen molar-refractivity contribution in [2.45, 2.75) is 39.2 Å². The summed E-state index contributed by atoms with van der Waals surface area (Å²) in [6.07, 6.45) is 2.65. The van der Waals surface area contributed by atoms with Crippen LogP contribution in [0.1, 0.15) is 32.3 Å². The van der Waals surface area contributed by atoms with E-state index in [1.807, 2.05) is 24.3 Å². The largest absolute Gasteiger partial charge is 0.494 e. The van der Waals surface area contributed by atoms with Gasteiger partial charge in [-0.2, -0.15) is 0 Å². The summed E-state index contributed by atoms with van der Waals surface area (Å²) >= 11 is 0. The summed E-state index contributed by atoms with van der Waals surface area (Å²) in [5, 5.41) is 0. The van der Waals surface area contributed by atoms with Gasteiger partial charge in [-0.05, 0) is 37.5 Å². The minimum atomic E-state index is -0.605. The van der Waals surface area contributed by atoms with Gasteiger partial charge in [0.1, 0.15) is 11.8 Å². The van der Waals surface area contributed by atoms with Crippen LogP contribution in [0.3, 0.4) is 0 Å². The zero-order chi connectivity index (χ0) is 14.1. The Kier molecular flexibility index (Phi) is 6.97. The third-order valence-corrected chi connectivity index (χ3v) is 2.73. The summed E-state index contributed by atoms with van der Waals surface area (Å²) in [6, 6.07) is 7.07. The number of ether oxygens (including phenoxy) is 2. The third-order valence-electron chi connectivity index (χ3n) is 2.73. The summed E-state index contributed by atoms with van der Waals surface area (Å²) in [7, 11) is 0. The number of hydrogen-bond acceptors (Lipinski definition) is 4. The molecule has 0 radical (unpaired) electrons. The monoisotopic (exact) mass is 265 g/mol. The molecule has 4 nitrogen and oxygen atoms in total. The predicted octanol–water partition coefficient (Wildman–Crippen LogP) is 2.30. The van der Waals surface area contributed by atoms with Crippen molar-refractivity contribution in [1.29, 1.82) is 0 Å². The Labute approximate surface area is 114 Å². The molecule has 0 saturated heterocycles. The van der Waals surface area contributed by atoms with Crippen LogP contribution in [-0.2, 0) is 16.0 Å². The molecule has 1 atom stereocenters. The molecule has 1 rings (SSSR count). The first kappa shape index (κ1) is 15.5. The minimum absolute atomic E-state index is 0.356. The Hall–Kier alpha value is -1.55. The molecule has 0 aromatic heterocycles.